The average molecular weight is 319 g/mol. The zero-order valence-corrected chi connectivity index (χ0v) is 13.4. The van der Waals surface area contributed by atoms with Gasteiger partial charge in [-0.3, -0.25) is 4.79 Å². The third-order valence-electron chi connectivity index (χ3n) is 2.93. The predicted molar refractivity (Wildman–Crippen MR) is 88.9 cm³/mol. The van der Waals surface area contributed by atoms with Crippen molar-refractivity contribution in [2.45, 2.75) is 26.8 Å². The van der Waals surface area contributed by atoms with E-state index in [0.29, 0.717) is 29.7 Å². The molecule has 6 heteroatoms. The molecule has 0 fully saturated rings. The Morgan fingerprint density at radius 1 is 1.36 bits per heavy atom. The van der Waals surface area contributed by atoms with Crippen molar-refractivity contribution in [3.63, 3.8) is 0 Å². The summed E-state index contributed by atoms with van der Waals surface area (Å²) in [6.07, 6.45) is 3.50. The van der Waals surface area contributed by atoms with E-state index in [-0.39, 0.29) is 5.91 Å². The smallest absolute Gasteiger partial charge is 0.224 e. The van der Waals surface area contributed by atoms with Gasteiger partial charge in [-0.05, 0) is 23.6 Å². The Bertz CT molecular complexity index is 646. The fraction of sp³-hybridized carbons (Fsp3) is 0.312. The molecule has 1 aromatic carbocycles. The van der Waals surface area contributed by atoms with E-state index >= 15 is 0 Å². The Hall–Kier alpha value is -2.14. The van der Waals surface area contributed by atoms with E-state index in [1.165, 1.54) is 6.33 Å². The van der Waals surface area contributed by atoms with E-state index in [9.17, 15) is 4.79 Å². The van der Waals surface area contributed by atoms with Crippen molar-refractivity contribution in [3.8, 4) is 0 Å². The quantitative estimate of drug-likeness (QED) is 0.851. The van der Waals surface area contributed by atoms with Gasteiger partial charge < -0.3 is 10.6 Å². The molecule has 116 valence electrons. The van der Waals surface area contributed by atoms with E-state index in [0.717, 1.165) is 11.3 Å². The highest BCUT2D eigenvalue weighted by Crippen LogP contribution is 2.18. The first kappa shape index (κ1) is 16.2. The molecule has 2 N–H and O–H groups in total. The van der Waals surface area contributed by atoms with Gasteiger partial charge in [-0.15, -0.1) is 0 Å². The molecule has 0 atom stereocenters. The minimum atomic E-state index is 0.0268. The number of hydrogen-bond acceptors (Lipinski definition) is 4. The highest BCUT2D eigenvalue weighted by atomic mass is 35.5. The van der Waals surface area contributed by atoms with E-state index in [1.54, 1.807) is 6.20 Å². The van der Waals surface area contributed by atoms with Gasteiger partial charge in [0, 0.05) is 18.7 Å². The zero-order valence-electron chi connectivity index (χ0n) is 12.6. The van der Waals surface area contributed by atoms with Gasteiger partial charge in [-0.1, -0.05) is 37.6 Å². The Morgan fingerprint density at radius 2 is 2.18 bits per heavy atom. The van der Waals surface area contributed by atoms with Crippen LogP contribution in [0, 0.1) is 5.92 Å². The number of amides is 1. The Morgan fingerprint density at radius 3 is 2.91 bits per heavy atom. The fourth-order valence-electron chi connectivity index (χ4n) is 1.97. The average Bonchev–Trinajstić information content (AvgIpc) is 2.46. The summed E-state index contributed by atoms with van der Waals surface area (Å²) >= 11 is 5.99. The summed E-state index contributed by atoms with van der Waals surface area (Å²) < 4.78 is 0. The van der Waals surface area contributed by atoms with Crippen molar-refractivity contribution in [1.82, 2.24) is 9.97 Å². The molecule has 22 heavy (non-hydrogen) atoms. The Balaban J connectivity index is 1.97. The van der Waals surface area contributed by atoms with Crippen LogP contribution in [0.3, 0.4) is 0 Å². The van der Waals surface area contributed by atoms with Gasteiger partial charge in [-0.25, -0.2) is 9.97 Å². The number of benzene rings is 1. The number of aromatic nitrogens is 2. The second kappa shape index (κ2) is 7.75. The van der Waals surface area contributed by atoms with Crippen molar-refractivity contribution in [2.75, 3.05) is 10.6 Å². The molecule has 0 radical (unpaired) electrons. The molecule has 0 bridgehead atoms. The van der Waals surface area contributed by atoms with Gasteiger partial charge in [0.1, 0.15) is 17.2 Å². The number of anilines is 2. The molecule has 0 spiro atoms. The highest BCUT2D eigenvalue weighted by Gasteiger charge is 2.06. The minimum absolute atomic E-state index is 0.0268. The topological polar surface area (TPSA) is 66.9 Å². The van der Waals surface area contributed by atoms with Crippen LogP contribution in [0.2, 0.25) is 5.02 Å². The summed E-state index contributed by atoms with van der Waals surface area (Å²) in [4.78, 5) is 19.7. The first-order chi connectivity index (χ1) is 10.5. The van der Waals surface area contributed by atoms with E-state index < -0.39 is 0 Å². The number of carbonyl (C=O) groups excluding carboxylic acids is 1. The first-order valence-corrected chi connectivity index (χ1v) is 7.50. The van der Waals surface area contributed by atoms with Gasteiger partial charge in [0.25, 0.3) is 0 Å². The number of nitrogens with one attached hydrogen (secondary N) is 2. The maximum Gasteiger partial charge on any atom is 0.224 e. The summed E-state index contributed by atoms with van der Waals surface area (Å²) in [5.74, 6) is 0.953. The van der Waals surface area contributed by atoms with Gasteiger partial charge in [0.05, 0.1) is 6.20 Å². The van der Waals surface area contributed by atoms with Crippen LogP contribution in [0.5, 0.6) is 0 Å². The van der Waals surface area contributed by atoms with Crippen LogP contribution < -0.4 is 10.6 Å². The number of rotatable bonds is 6. The summed E-state index contributed by atoms with van der Waals surface area (Å²) in [6, 6.07) is 7.68. The lowest BCUT2D eigenvalue weighted by molar-refractivity contribution is -0.116. The lowest BCUT2D eigenvalue weighted by atomic mass is 10.1. The maximum absolute atomic E-state index is 11.8. The second-order valence-electron chi connectivity index (χ2n) is 5.42. The molecular formula is C16H19ClN4O. The first-order valence-electron chi connectivity index (χ1n) is 7.12. The number of halogens is 1. The van der Waals surface area contributed by atoms with Crippen LogP contribution in [0.15, 0.2) is 36.8 Å². The summed E-state index contributed by atoms with van der Waals surface area (Å²) in [7, 11) is 0. The highest BCUT2D eigenvalue weighted by molar-refractivity contribution is 6.32. The van der Waals surface area contributed by atoms with Crippen LogP contribution in [0.4, 0.5) is 11.5 Å². The van der Waals surface area contributed by atoms with Crippen molar-refractivity contribution in [1.29, 1.82) is 0 Å². The van der Waals surface area contributed by atoms with Crippen LogP contribution >= 0.6 is 11.6 Å². The lowest BCUT2D eigenvalue weighted by Crippen LogP contribution is -2.14. The largest absolute Gasteiger partial charge is 0.365 e. The molecule has 0 aliphatic heterocycles. The molecule has 5 nitrogen and oxygen atoms in total. The second-order valence-corrected chi connectivity index (χ2v) is 5.83. The van der Waals surface area contributed by atoms with Crippen molar-refractivity contribution >= 4 is 29.0 Å². The molecule has 2 rings (SSSR count). The molecule has 0 aliphatic carbocycles. The van der Waals surface area contributed by atoms with Crippen molar-refractivity contribution < 1.29 is 4.79 Å². The van der Waals surface area contributed by atoms with Gasteiger partial charge in [-0.2, -0.15) is 0 Å². The molecule has 0 saturated heterocycles. The van der Waals surface area contributed by atoms with E-state index in [4.69, 9.17) is 11.6 Å². The monoisotopic (exact) mass is 318 g/mol. The summed E-state index contributed by atoms with van der Waals surface area (Å²) in [6.45, 7) is 4.60. The van der Waals surface area contributed by atoms with Crippen LogP contribution in [-0.2, 0) is 11.3 Å². The van der Waals surface area contributed by atoms with E-state index in [1.807, 2.05) is 38.1 Å². The third kappa shape index (κ3) is 5.00. The van der Waals surface area contributed by atoms with Crippen molar-refractivity contribution in [2.24, 2.45) is 5.92 Å². The Kier molecular flexibility index (Phi) is 5.72. The summed E-state index contributed by atoms with van der Waals surface area (Å²) in [5.41, 5.74) is 1.82. The van der Waals surface area contributed by atoms with Crippen LogP contribution in [0.25, 0.3) is 0 Å². The summed E-state index contributed by atoms with van der Waals surface area (Å²) in [5, 5.41) is 6.53. The molecule has 2 aromatic rings. The van der Waals surface area contributed by atoms with E-state index in [2.05, 4.69) is 20.6 Å². The third-order valence-corrected chi connectivity index (χ3v) is 3.21. The van der Waals surface area contributed by atoms with Gasteiger partial charge >= 0.3 is 0 Å². The van der Waals surface area contributed by atoms with Crippen molar-refractivity contribution in [3.05, 3.63) is 47.4 Å². The lowest BCUT2D eigenvalue weighted by Gasteiger charge is -2.10. The maximum atomic E-state index is 11.8. The molecule has 0 saturated carbocycles. The zero-order chi connectivity index (χ0) is 15.9. The van der Waals surface area contributed by atoms with Crippen LogP contribution in [-0.4, -0.2) is 15.9 Å². The van der Waals surface area contributed by atoms with Crippen LogP contribution in [0.1, 0.15) is 25.8 Å². The SMILES string of the molecule is CC(C)CC(=O)Nc1cccc(CNc2ncncc2Cl)c1. The fourth-order valence-corrected chi connectivity index (χ4v) is 2.14. The molecule has 1 amide bonds. The molecule has 1 heterocycles. The molecule has 0 unspecified atom stereocenters. The molecule has 1 aromatic heterocycles. The number of carbonyl (C=O) groups is 1. The number of nitrogens with zero attached hydrogens (tertiary/aromatic N) is 2. The minimum Gasteiger partial charge on any atom is -0.365 e. The molecular weight excluding hydrogens is 300 g/mol. The van der Waals surface area contributed by atoms with Gasteiger partial charge in [0.15, 0.2) is 0 Å². The van der Waals surface area contributed by atoms with Gasteiger partial charge in [0.2, 0.25) is 5.91 Å². The predicted octanol–water partition coefficient (Wildman–Crippen LogP) is 3.73. The standard InChI is InChI=1S/C16H19ClN4O/c1-11(2)6-15(22)21-13-5-3-4-12(7-13)8-19-16-14(17)9-18-10-20-16/h3-5,7,9-11H,6,8H2,1-2H3,(H,21,22)(H,18,19,20). The molecule has 0 aliphatic rings. The normalized spacial score (nSPS) is 10.5. The number of hydrogen-bond donors (Lipinski definition) is 2. The Labute approximate surface area is 135 Å².